The molecule has 0 saturated heterocycles. The maximum atomic E-state index is 14.8. The summed E-state index contributed by atoms with van der Waals surface area (Å²) in [5.41, 5.74) is -7.11. The van der Waals surface area contributed by atoms with Crippen LogP contribution in [0.2, 0.25) is 0 Å². The highest BCUT2D eigenvalue weighted by Crippen LogP contribution is 2.69. The molecule has 2 aliphatic rings. The van der Waals surface area contributed by atoms with Crippen molar-refractivity contribution in [3.8, 4) is 0 Å². The molecule has 0 amide bonds. The third kappa shape index (κ3) is 1.53. The molecule has 1 nitrogen and oxygen atoms in total. The van der Waals surface area contributed by atoms with Crippen LogP contribution < -0.4 is 0 Å². The summed E-state index contributed by atoms with van der Waals surface area (Å²) >= 11 is 0. The zero-order valence-corrected chi connectivity index (χ0v) is 10.7. The molecule has 2 bridgehead atoms. The van der Waals surface area contributed by atoms with Gasteiger partial charge in [-0.3, -0.25) is 0 Å². The van der Waals surface area contributed by atoms with Crippen molar-refractivity contribution >= 4 is 0 Å². The van der Waals surface area contributed by atoms with Gasteiger partial charge in [-0.1, -0.05) is 13.8 Å². The summed E-state index contributed by atoms with van der Waals surface area (Å²) in [6.07, 6.45) is -6.24. The second-order valence-corrected chi connectivity index (χ2v) is 6.11. The van der Waals surface area contributed by atoms with E-state index in [0.717, 1.165) is 0 Å². The van der Waals surface area contributed by atoms with E-state index in [0.29, 0.717) is 0 Å². The molecule has 6 unspecified atom stereocenters. The highest BCUT2D eigenvalue weighted by molar-refractivity contribution is 5.22. The maximum absolute atomic E-state index is 14.8. The highest BCUT2D eigenvalue weighted by Gasteiger charge is 2.81. The van der Waals surface area contributed by atoms with Gasteiger partial charge < -0.3 is 5.11 Å². The Hall–Kier alpha value is -0.460. The van der Waals surface area contributed by atoms with Gasteiger partial charge in [-0.15, -0.1) is 0 Å². The first-order chi connectivity index (χ1) is 8.28. The average Bonchev–Trinajstić information content (AvgIpc) is 2.51. The van der Waals surface area contributed by atoms with Crippen molar-refractivity contribution in [3.63, 3.8) is 0 Å². The highest BCUT2D eigenvalue weighted by atomic mass is 19.4. The van der Waals surface area contributed by atoms with Crippen LogP contribution in [0.15, 0.2) is 0 Å². The Kier molecular flexibility index (Phi) is 2.83. The van der Waals surface area contributed by atoms with Gasteiger partial charge in [0, 0.05) is 5.92 Å². The van der Waals surface area contributed by atoms with Crippen LogP contribution >= 0.6 is 0 Å². The van der Waals surface area contributed by atoms with Crippen molar-refractivity contribution in [1.29, 1.82) is 0 Å². The van der Waals surface area contributed by atoms with Crippen LogP contribution in [0.1, 0.15) is 27.2 Å². The minimum absolute atomic E-state index is 0.251. The monoisotopic (exact) mass is 290 g/mol. The SMILES string of the molecule is CC1C(C)C2C(F)(F)C1CC2(F)C(C)(O)C(F)(F)F. The molecular weight excluding hydrogens is 274 g/mol. The van der Waals surface area contributed by atoms with Crippen molar-refractivity contribution in [2.45, 2.75) is 50.6 Å². The number of rotatable bonds is 1. The Morgan fingerprint density at radius 2 is 1.53 bits per heavy atom. The van der Waals surface area contributed by atoms with Gasteiger partial charge in [-0.2, -0.15) is 13.2 Å². The van der Waals surface area contributed by atoms with Crippen molar-refractivity contribution in [2.75, 3.05) is 0 Å². The molecule has 0 spiro atoms. The van der Waals surface area contributed by atoms with Crippen molar-refractivity contribution < 1.29 is 31.4 Å². The summed E-state index contributed by atoms with van der Waals surface area (Å²) in [7, 11) is 0. The summed E-state index contributed by atoms with van der Waals surface area (Å²) in [6, 6.07) is 0. The van der Waals surface area contributed by atoms with E-state index in [-0.39, 0.29) is 6.92 Å². The summed E-state index contributed by atoms with van der Waals surface area (Å²) in [5.74, 6) is -8.54. The van der Waals surface area contributed by atoms with Gasteiger partial charge >= 0.3 is 6.18 Å². The third-order valence-corrected chi connectivity index (χ3v) is 5.27. The number of hydrogen-bond acceptors (Lipinski definition) is 1. The molecule has 6 atom stereocenters. The van der Waals surface area contributed by atoms with Gasteiger partial charge in [0.15, 0.2) is 11.3 Å². The quantitative estimate of drug-likeness (QED) is 0.732. The number of hydrogen-bond donors (Lipinski definition) is 1. The number of fused-ring (bicyclic) bond motifs is 2. The van der Waals surface area contributed by atoms with E-state index in [9.17, 15) is 31.4 Å². The molecule has 0 aliphatic heterocycles. The first kappa shape index (κ1) is 14.9. The molecule has 2 saturated carbocycles. The standard InChI is InChI=1S/C12H16F6O/c1-5-6(2)8-10(13,4-7(5)11(8,14)15)9(3,19)12(16,17)18/h5-8,19H,4H2,1-3H3. The van der Waals surface area contributed by atoms with Crippen LogP contribution in [-0.2, 0) is 0 Å². The fourth-order valence-corrected chi connectivity index (χ4v) is 3.83. The van der Waals surface area contributed by atoms with E-state index in [1.807, 2.05) is 0 Å². The smallest absolute Gasteiger partial charge is 0.378 e. The lowest BCUT2D eigenvalue weighted by Crippen LogP contribution is -2.63. The normalized spacial score (nSPS) is 48.3. The topological polar surface area (TPSA) is 20.2 Å². The van der Waals surface area contributed by atoms with E-state index in [1.54, 1.807) is 0 Å². The number of halogens is 6. The second-order valence-electron chi connectivity index (χ2n) is 6.11. The Bertz CT molecular complexity index is 390. The average molecular weight is 290 g/mol. The van der Waals surface area contributed by atoms with Crippen molar-refractivity contribution in [2.24, 2.45) is 23.7 Å². The van der Waals surface area contributed by atoms with Gasteiger partial charge in [0.25, 0.3) is 5.92 Å². The molecule has 112 valence electrons. The molecule has 0 radical (unpaired) electrons. The Balaban J connectivity index is 2.50. The first-order valence-electron chi connectivity index (χ1n) is 6.14. The number of alkyl halides is 6. The van der Waals surface area contributed by atoms with Gasteiger partial charge in [0.1, 0.15) is 0 Å². The first-order valence-corrected chi connectivity index (χ1v) is 6.14. The van der Waals surface area contributed by atoms with Crippen LogP contribution in [0.3, 0.4) is 0 Å². The van der Waals surface area contributed by atoms with Crippen LogP contribution in [0.4, 0.5) is 26.3 Å². The zero-order valence-electron chi connectivity index (χ0n) is 10.7. The molecular formula is C12H16F6O. The predicted molar refractivity (Wildman–Crippen MR) is 55.4 cm³/mol. The maximum Gasteiger partial charge on any atom is 0.420 e. The lowest BCUT2D eigenvalue weighted by atomic mass is 9.67. The largest absolute Gasteiger partial charge is 0.420 e. The fourth-order valence-electron chi connectivity index (χ4n) is 3.83. The lowest BCUT2D eigenvalue weighted by molar-refractivity contribution is -0.311. The second kappa shape index (κ2) is 3.59. The minimum atomic E-state index is -5.29. The molecule has 2 rings (SSSR count). The van der Waals surface area contributed by atoms with Crippen molar-refractivity contribution in [3.05, 3.63) is 0 Å². The van der Waals surface area contributed by atoms with Gasteiger partial charge in [-0.05, 0) is 25.2 Å². The van der Waals surface area contributed by atoms with E-state index in [2.05, 4.69) is 0 Å². The summed E-state index contributed by atoms with van der Waals surface area (Å²) in [5, 5.41) is 9.54. The van der Waals surface area contributed by atoms with E-state index >= 15 is 0 Å². The predicted octanol–water partition coefficient (Wildman–Crippen LogP) is 3.57. The van der Waals surface area contributed by atoms with E-state index in [4.69, 9.17) is 0 Å². The van der Waals surface area contributed by atoms with E-state index in [1.165, 1.54) is 13.8 Å². The summed E-state index contributed by atoms with van der Waals surface area (Å²) in [6.45, 7) is 3.06. The van der Waals surface area contributed by atoms with E-state index < -0.39 is 53.5 Å². The van der Waals surface area contributed by atoms with Crippen molar-refractivity contribution in [1.82, 2.24) is 0 Å². The fraction of sp³-hybridized carbons (Fsp3) is 1.00. The Morgan fingerprint density at radius 1 is 1.05 bits per heavy atom. The van der Waals surface area contributed by atoms with Crippen LogP contribution in [-0.4, -0.2) is 28.5 Å². The van der Waals surface area contributed by atoms with Gasteiger partial charge in [0.2, 0.25) is 0 Å². The van der Waals surface area contributed by atoms with Crippen LogP contribution in [0.5, 0.6) is 0 Å². The molecule has 0 aromatic rings. The zero-order chi connectivity index (χ0) is 15.0. The molecule has 2 fully saturated rings. The van der Waals surface area contributed by atoms with Crippen LogP contribution in [0, 0.1) is 23.7 Å². The summed E-state index contributed by atoms with van der Waals surface area (Å²) in [4.78, 5) is 0. The Morgan fingerprint density at radius 3 is 1.84 bits per heavy atom. The molecule has 0 aromatic carbocycles. The molecule has 0 aromatic heterocycles. The Labute approximate surface area is 107 Å². The summed E-state index contributed by atoms with van der Waals surface area (Å²) < 4.78 is 81.1. The van der Waals surface area contributed by atoms with Gasteiger partial charge in [0.05, 0.1) is 5.92 Å². The number of aliphatic hydroxyl groups is 1. The minimum Gasteiger partial charge on any atom is -0.378 e. The molecule has 2 aliphatic carbocycles. The van der Waals surface area contributed by atoms with Crippen LogP contribution in [0.25, 0.3) is 0 Å². The molecule has 19 heavy (non-hydrogen) atoms. The molecule has 1 N–H and O–H groups in total. The van der Waals surface area contributed by atoms with Gasteiger partial charge in [-0.25, -0.2) is 13.2 Å². The molecule has 7 heteroatoms. The third-order valence-electron chi connectivity index (χ3n) is 5.27. The lowest BCUT2D eigenvalue weighted by Gasteiger charge is -2.45. The molecule has 0 heterocycles.